The van der Waals surface area contributed by atoms with E-state index in [4.69, 9.17) is 9.84 Å². The molecule has 0 aromatic carbocycles. The van der Waals surface area contributed by atoms with Crippen LogP contribution in [0.5, 0.6) is 0 Å². The molecule has 0 aliphatic carbocycles. The number of aromatic nitrogens is 1. The molecule has 1 fully saturated rings. The van der Waals surface area contributed by atoms with Crippen LogP contribution in [0.2, 0.25) is 0 Å². The van der Waals surface area contributed by atoms with E-state index in [-0.39, 0.29) is 12.7 Å². The minimum atomic E-state index is 0.0310. The molecule has 0 spiro atoms. The number of nitrogens with zero attached hydrogens (tertiary/aromatic N) is 1. The number of aliphatic hydroxyl groups is 1. The second-order valence-electron chi connectivity index (χ2n) is 2.84. The van der Waals surface area contributed by atoms with Crippen molar-refractivity contribution in [3.8, 4) is 0 Å². The zero-order valence-electron chi connectivity index (χ0n) is 6.69. The number of rotatable bonds is 2. The molecule has 4 heteroatoms. The van der Waals surface area contributed by atoms with Crippen molar-refractivity contribution in [2.24, 2.45) is 0 Å². The highest BCUT2D eigenvalue weighted by molar-refractivity contribution is 7.09. The summed E-state index contributed by atoms with van der Waals surface area (Å²) in [5, 5.41) is 11.7. The van der Waals surface area contributed by atoms with Crippen LogP contribution in [0.15, 0.2) is 5.38 Å². The average molecular weight is 185 g/mol. The van der Waals surface area contributed by atoms with E-state index in [0.29, 0.717) is 0 Å². The van der Waals surface area contributed by atoms with E-state index in [0.717, 1.165) is 30.2 Å². The molecule has 3 nitrogen and oxygen atoms in total. The average Bonchev–Trinajstić information content (AvgIpc) is 2.75. The number of ether oxygens (including phenoxy) is 1. The fourth-order valence-electron chi connectivity index (χ4n) is 1.32. The first kappa shape index (κ1) is 8.16. The summed E-state index contributed by atoms with van der Waals surface area (Å²) >= 11 is 1.58. The van der Waals surface area contributed by atoms with E-state index >= 15 is 0 Å². The number of hydrogen-bond acceptors (Lipinski definition) is 4. The predicted molar refractivity (Wildman–Crippen MR) is 46.0 cm³/mol. The van der Waals surface area contributed by atoms with Crippen LogP contribution in [0.3, 0.4) is 0 Å². The molecule has 1 aromatic rings. The maximum absolute atomic E-state index is 8.80. The molecule has 1 N–H and O–H groups in total. The van der Waals surface area contributed by atoms with E-state index in [1.807, 2.05) is 5.38 Å². The molecule has 1 atom stereocenters. The van der Waals surface area contributed by atoms with Crippen molar-refractivity contribution in [2.45, 2.75) is 25.6 Å². The SMILES string of the molecule is OCc1csc([C@H]2CCCO2)n1. The number of hydrogen-bond donors (Lipinski definition) is 1. The summed E-state index contributed by atoms with van der Waals surface area (Å²) in [6, 6.07) is 0. The van der Waals surface area contributed by atoms with Crippen LogP contribution in [0, 0.1) is 0 Å². The Labute approximate surface area is 75.0 Å². The summed E-state index contributed by atoms with van der Waals surface area (Å²) in [6.45, 7) is 0.877. The van der Waals surface area contributed by atoms with Crippen molar-refractivity contribution >= 4 is 11.3 Å². The summed E-state index contributed by atoms with van der Waals surface area (Å²) in [6.07, 6.45) is 2.38. The second-order valence-corrected chi connectivity index (χ2v) is 3.73. The Morgan fingerprint density at radius 1 is 1.75 bits per heavy atom. The van der Waals surface area contributed by atoms with Crippen LogP contribution in [0.25, 0.3) is 0 Å². The Kier molecular flexibility index (Phi) is 2.39. The van der Waals surface area contributed by atoms with Crippen LogP contribution in [0.1, 0.15) is 29.6 Å². The Morgan fingerprint density at radius 2 is 2.67 bits per heavy atom. The van der Waals surface area contributed by atoms with E-state index in [2.05, 4.69) is 4.98 Å². The standard InChI is InChI=1S/C8H11NO2S/c10-4-6-5-12-8(9-6)7-2-1-3-11-7/h5,7,10H,1-4H2/t7-/m1/s1. The maximum Gasteiger partial charge on any atom is 0.122 e. The van der Waals surface area contributed by atoms with Gasteiger partial charge < -0.3 is 9.84 Å². The third kappa shape index (κ3) is 1.50. The molecule has 0 saturated carbocycles. The lowest BCUT2D eigenvalue weighted by molar-refractivity contribution is 0.111. The van der Waals surface area contributed by atoms with Gasteiger partial charge in [0, 0.05) is 12.0 Å². The molecule has 1 aliphatic heterocycles. The highest BCUT2D eigenvalue weighted by atomic mass is 32.1. The Morgan fingerprint density at radius 3 is 3.25 bits per heavy atom. The smallest absolute Gasteiger partial charge is 0.122 e. The lowest BCUT2D eigenvalue weighted by atomic mass is 10.2. The van der Waals surface area contributed by atoms with Gasteiger partial charge in [-0.25, -0.2) is 4.98 Å². The molecule has 1 aromatic heterocycles. The summed E-state index contributed by atoms with van der Waals surface area (Å²) in [5.41, 5.74) is 0.755. The molecule has 0 amide bonds. The van der Waals surface area contributed by atoms with Crippen LogP contribution < -0.4 is 0 Å². The van der Waals surface area contributed by atoms with Gasteiger partial charge in [0.2, 0.25) is 0 Å². The maximum atomic E-state index is 8.80. The first-order chi connectivity index (χ1) is 5.90. The van der Waals surface area contributed by atoms with E-state index in [1.165, 1.54) is 0 Å². The summed E-state index contributed by atoms with van der Waals surface area (Å²) in [5.74, 6) is 0. The normalized spacial score (nSPS) is 23.2. The van der Waals surface area contributed by atoms with Gasteiger partial charge in [0.1, 0.15) is 11.1 Å². The van der Waals surface area contributed by atoms with E-state index in [9.17, 15) is 0 Å². The van der Waals surface area contributed by atoms with Gasteiger partial charge in [-0.05, 0) is 12.8 Å². The Bertz CT molecular complexity index is 255. The molecule has 2 heterocycles. The number of aliphatic hydroxyl groups excluding tert-OH is 1. The van der Waals surface area contributed by atoms with Gasteiger partial charge in [-0.2, -0.15) is 0 Å². The van der Waals surface area contributed by atoms with E-state index < -0.39 is 0 Å². The van der Waals surface area contributed by atoms with Crippen LogP contribution in [-0.2, 0) is 11.3 Å². The van der Waals surface area contributed by atoms with Crippen molar-refractivity contribution in [3.05, 3.63) is 16.1 Å². The zero-order chi connectivity index (χ0) is 8.39. The topological polar surface area (TPSA) is 42.4 Å². The first-order valence-electron chi connectivity index (χ1n) is 4.07. The largest absolute Gasteiger partial charge is 0.390 e. The van der Waals surface area contributed by atoms with Crippen molar-refractivity contribution in [1.82, 2.24) is 4.98 Å². The first-order valence-corrected chi connectivity index (χ1v) is 4.95. The summed E-state index contributed by atoms with van der Waals surface area (Å²) in [7, 11) is 0. The molecule has 0 unspecified atom stereocenters. The van der Waals surface area contributed by atoms with Gasteiger partial charge in [0.25, 0.3) is 0 Å². The van der Waals surface area contributed by atoms with Gasteiger partial charge in [0.15, 0.2) is 0 Å². The van der Waals surface area contributed by atoms with Crippen LogP contribution in [0.4, 0.5) is 0 Å². The van der Waals surface area contributed by atoms with Gasteiger partial charge in [-0.1, -0.05) is 0 Å². The van der Waals surface area contributed by atoms with Crippen molar-refractivity contribution < 1.29 is 9.84 Å². The number of thiazole rings is 1. The fourth-order valence-corrected chi connectivity index (χ4v) is 2.21. The highest BCUT2D eigenvalue weighted by Crippen LogP contribution is 2.30. The minimum Gasteiger partial charge on any atom is -0.390 e. The van der Waals surface area contributed by atoms with Gasteiger partial charge >= 0.3 is 0 Å². The third-order valence-corrected chi connectivity index (χ3v) is 2.92. The highest BCUT2D eigenvalue weighted by Gasteiger charge is 2.20. The molecule has 1 saturated heterocycles. The Hall–Kier alpha value is -0.450. The monoisotopic (exact) mass is 185 g/mol. The quantitative estimate of drug-likeness (QED) is 0.759. The van der Waals surface area contributed by atoms with Gasteiger partial charge in [0.05, 0.1) is 12.3 Å². The molecule has 0 bridgehead atoms. The lowest BCUT2D eigenvalue weighted by Gasteiger charge is -2.03. The molecule has 12 heavy (non-hydrogen) atoms. The molecule has 1 aliphatic rings. The van der Waals surface area contributed by atoms with Gasteiger partial charge in [-0.3, -0.25) is 0 Å². The van der Waals surface area contributed by atoms with Crippen LogP contribution in [-0.4, -0.2) is 16.7 Å². The zero-order valence-corrected chi connectivity index (χ0v) is 7.51. The van der Waals surface area contributed by atoms with Crippen molar-refractivity contribution in [1.29, 1.82) is 0 Å². The minimum absolute atomic E-state index is 0.0310. The molecule has 0 radical (unpaired) electrons. The van der Waals surface area contributed by atoms with Crippen molar-refractivity contribution in [3.63, 3.8) is 0 Å². The molecule has 2 rings (SSSR count). The Balaban J connectivity index is 2.11. The van der Waals surface area contributed by atoms with Crippen molar-refractivity contribution in [2.75, 3.05) is 6.61 Å². The van der Waals surface area contributed by atoms with Crippen LogP contribution >= 0.6 is 11.3 Å². The van der Waals surface area contributed by atoms with Gasteiger partial charge in [-0.15, -0.1) is 11.3 Å². The van der Waals surface area contributed by atoms with E-state index in [1.54, 1.807) is 11.3 Å². The summed E-state index contributed by atoms with van der Waals surface area (Å²) in [4.78, 5) is 4.25. The molecular weight excluding hydrogens is 174 g/mol. The molecule has 66 valence electrons. The second kappa shape index (κ2) is 3.51. The molecular formula is C8H11NO2S. The lowest BCUT2D eigenvalue weighted by Crippen LogP contribution is -1.95. The predicted octanol–water partition coefficient (Wildman–Crippen LogP) is 1.49. The summed E-state index contributed by atoms with van der Waals surface area (Å²) < 4.78 is 5.46. The fraction of sp³-hybridized carbons (Fsp3) is 0.625. The third-order valence-electron chi connectivity index (χ3n) is 1.94.